The number of hydrogen-bond donors (Lipinski definition) is 15. The zero-order chi connectivity index (χ0) is 68.2. The lowest BCUT2D eigenvalue weighted by Gasteiger charge is -2.40. The molecule has 4 aromatic rings. The number of aromatic nitrogens is 2. The molecule has 7 amide bonds. The molecule has 15 N–H and O–H groups in total. The van der Waals surface area contributed by atoms with Crippen molar-refractivity contribution >= 4 is 58.4 Å². The van der Waals surface area contributed by atoms with Crippen molar-refractivity contribution in [2.75, 3.05) is 77.6 Å². The third-order valence-electron chi connectivity index (χ3n) is 18.7. The molecule has 5 aliphatic rings. The average molecular weight is 1340 g/mol. The molecular weight excluding hydrogens is 1250 g/mol. The molecule has 0 spiro atoms. The molecule has 518 valence electrons. The normalized spacial score (nSPS) is 26.9. The second-order valence-electron chi connectivity index (χ2n) is 25.5. The fraction of sp³-hybridized carbons (Fsp3) is 0.585. The van der Waals surface area contributed by atoms with Crippen LogP contribution in [0, 0.1) is 5.92 Å². The van der Waals surface area contributed by atoms with Crippen LogP contribution in [0.2, 0.25) is 0 Å². The minimum absolute atomic E-state index is 0.0228. The van der Waals surface area contributed by atoms with Crippen LogP contribution < -0.4 is 41.5 Å². The highest BCUT2D eigenvalue weighted by Gasteiger charge is 2.50. The van der Waals surface area contributed by atoms with Gasteiger partial charge >= 0.3 is 0 Å². The van der Waals surface area contributed by atoms with E-state index in [1.54, 1.807) is 12.1 Å². The molecular formula is C65H90N12O17S. The van der Waals surface area contributed by atoms with E-state index in [2.05, 4.69) is 64.0 Å². The van der Waals surface area contributed by atoms with Crippen LogP contribution in [0.1, 0.15) is 87.6 Å². The maximum absolute atomic E-state index is 15.0. The highest BCUT2D eigenvalue weighted by Crippen LogP contribution is 2.34. The Bertz CT molecular complexity index is 3270. The van der Waals surface area contributed by atoms with Gasteiger partial charge in [-0.05, 0) is 86.8 Å². The summed E-state index contributed by atoms with van der Waals surface area (Å²) in [5.74, 6) is -8.80. The number of phenols is 1. The number of nitrogens with one attached hydrogen (secondary N) is 6. The fourth-order valence-electron chi connectivity index (χ4n) is 13.2. The van der Waals surface area contributed by atoms with Crippen LogP contribution >= 0.6 is 11.3 Å². The maximum atomic E-state index is 15.0. The van der Waals surface area contributed by atoms with Crippen LogP contribution in [-0.4, -0.2) is 270 Å². The number of aliphatic hydroxyl groups excluding tert-OH is 8. The molecule has 5 heterocycles. The van der Waals surface area contributed by atoms with Crippen LogP contribution in [0.25, 0.3) is 21.1 Å². The molecule has 13 atom stereocenters. The predicted octanol–water partition coefficient (Wildman–Crippen LogP) is -2.29. The van der Waals surface area contributed by atoms with Crippen LogP contribution in [0.5, 0.6) is 11.5 Å². The molecule has 1 saturated carbocycles. The zero-order valence-electron chi connectivity index (χ0n) is 53.5. The quantitative estimate of drug-likeness (QED) is 0.0466. The van der Waals surface area contributed by atoms with Crippen molar-refractivity contribution in [3.8, 4) is 32.6 Å². The number of carbonyl (C=O) groups excluding carboxylic acids is 7. The summed E-state index contributed by atoms with van der Waals surface area (Å²) in [6, 6.07) is 7.12. The molecule has 0 radical (unpaired) electrons. The number of rotatable bonds is 18. The van der Waals surface area contributed by atoms with E-state index in [9.17, 15) is 79.5 Å². The molecule has 0 bridgehead atoms. The topological polar surface area (TPSA) is 422 Å². The van der Waals surface area contributed by atoms with E-state index in [4.69, 9.17) is 4.74 Å². The summed E-state index contributed by atoms with van der Waals surface area (Å²) in [5.41, 5.74) is 2.94. The van der Waals surface area contributed by atoms with Gasteiger partial charge in [-0.25, -0.2) is 0 Å². The van der Waals surface area contributed by atoms with Gasteiger partial charge in [0.05, 0.1) is 63.0 Å². The fourth-order valence-corrected chi connectivity index (χ4v) is 14.0. The van der Waals surface area contributed by atoms with Crippen molar-refractivity contribution in [1.82, 2.24) is 56.8 Å². The molecule has 29 nitrogen and oxygen atoms in total. The van der Waals surface area contributed by atoms with E-state index in [0.717, 1.165) is 54.2 Å². The number of anilines is 1. The summed E-state index contributed by atoms with van der Waals surface area (Å²) in [6.07, 6.45) is -4.32. The van der Waals surface area contributed by atoms with Gasteiger partial charge in [0.15, 0.2) is 11.5 Å². The first kappa shape index (κ1) is 71.8. The van der Waals surface area contributed by atoms with Gasteiger partial charge in [-0.15, -0.1) is 10.2 Å². The second-order valence-corrected chi connectivity index (χ2v) is 26.5. The number of methoxy groups -OCH3 is 1. The summed E-state index contributed by atoms with van der Waals surface area (Å²) in [4.78, 5) is 109. The van der Waals surface area contributed by atoms with Gasteiger partial charge in [0.25, 0.3) is 5.91 Å². The Morgan fingerprint density at radius 3 is 1.97 bits per heavy atom. The molecule has 1 aromatic heterocycles. The number of benzene rings is 3. The number of β-amino-alcohol motifs (C(OH)–C–C–N with tert-alkyl or cyclic N) is 1. The van der Waals surface area contributed by atoms with Crippen molar-refractivity contribution in [3.05, 3.63) is 77.9 Å². The number of fused-ring (bicyclic) bond motifs is 2. The molecule has 1 unspecified atom stereocenters. The summed E-state index contributed by atoms with van der Waals surface area (Å²) in [5, 5.41) is 124. The lowest BCUT2D eigenvalue weighted by molar-refractivity contribution is -0.147. The molecule has 9 rings (SSSR count). The molecule has 4 aliphatic heterocycles. The van der Waals surface area contributed by atoms with Gasteiger partial charge < -0.3 is 97.3 Å². The Balaban J connectivity index is 0.961. The smallest absolute Gasteiger partial charge is 0.251 e. The number of amides is 7. The number of nitrogens with zero attached hydrogens (tertiary/aromatic N) is 6. The Kier molecular flexibility index (Phi) is 24.9. The highest BCUT2D eigenvalue weighted by atomic mass is 32.1. The van der Waals surface area contributed by atoms with E-state index < -0.39 is 172 Å². The SMILES string of the molecule is COc1cc(C[C@@H](O)[C@@H]2NC(=O)[C@@H]3C[C@@H](O)CN3C(=O)[C@H]([C@@H](C)O)NC(=O)C(NC(=O)c3ccc(-c4nnc(-c5ccc(N6CCN(C7CCCCCC7)CC6)cc5)s4)cc3)C[C@@H](O)CNC(=O)[C@@H]3[C@@H](O)[C@@H](C)CN3C(=O)[C@H]([C@H](O)CCNC(CO)CO)NC2=O)ccc1O. The average Bonchev–Trinajstić information content (AvgIpc) is 1.68. The summed E-state index contributed by atoms with van der Waals surface area (Å²) >= 11 is 1.35. The van der Waals surface area contributed by atoms with Gasteiger partial charge in [-0.1, -0.05) is 62.1 Å². The van der Waals surface area contributed by atoms with Crippen molar-refractivity contribution in [1.29, 1.82) is 0 Å². The van der Waals surface area contributed by atoms with Crippen LogP contribution in [0.4, 0.5) is 5.69 Å². The first-order chi connectivity index (χ1) is 45.5. The van der Waals surface area contributed by atoms with Gasteiger partial charge in [0, 0.05) is 99.4 Å². The molecule has 95 heavy (non-hydrogen) atoms. The van der Waals surface area contributed by atoms with Gasteiger partial charge in [0.1, 0.15) is 46.3 Å². The van der Waals surface area contributed by atoms with Crippen molar-refractivity contribution in [2.24, 2.45) is 5.92 Å². The first-order valence-corrected chi connectivity index (χ1v) is 33.4. The van der Waals surface area contributed by atoms with Gasteiger partial charge in [-0.3, -0.25) is 38.5 Å². The number of aliphatic hydroxyl groups is 8. The minimum Gasteiger partial charge on any atom is -0.504 e. The van der Waals surface area contributed by atoms with E-state index in [-0.39, 0.29) is 42.1 Å². The number of piperazine rings is 1. The molecule has 4 saturated heterocycles. The highest BCUT2D eigenvalue weighted by molar-refractivity contribution is 7.17. The largest absolute Gasteiger partial charge is 0.504 e. The van der Waals surface area contributed by atoms with Crippen LogP contribution in [0.15, 0.2) is 66.7 Å². The van der Waals surface area contributed by atoms with E-state index in [1.807, 2.05) is 12.1 Å². The third kappa shape index (κ3) is 17.8. The maximum Gasteiger partial charge on any atom is 0.251 e. The number of ether oxygens (including phenoxy) is 1. The molecule has 3 aromatic carbocycles. The first-order valence-electron chi connectivity index (χ1n) is 32.6. The lowest BCUT2D eigenvalue weighted by atomic mass is 9.98. The van der Waals surface area contributed by atoms with E-state index >= 15 is 0 Å². The second kappa shape index (κ2) is 33.0. The van der Waals surface area contributed by atoms with Crippen molar-refractivity contribution in [3.63, 3.8) is 0 Å². The molecule has 30 heteroatoms. The third-order valence-corrected chi connectivity index (χ3v) is 19.7. The molecule has 1 aliphatic carbocycles. The van der Waals surface area contributed by atoms with Gasteiger partial charge in [-0.2, -0.15) is 0 Å². The van der Waals surface area contributed by atoms with Crippen LogP contribution in [-0.2, 0) is 35.2 Å². The zero-order valence-corrected chi connectivity index (χ0v) is 54.4. The van der Waals surface area contributed by atoms with Crippen LogP contribution in [0.3, 0.4) is 0 Å². The summed E-state index contributed by atoms with van der Waals surface area (Å²) in [6.45, 7) is 3.90. The lowest BCUT2D eigenvalue weighted by Crippen LogP contribution is -2.64. The van der Waals surface area contributed by atoms with Crippen molar-refractivity contribution < 1.29 is 84.3 Å². The van der Waals surface area contributed by atoms with E-state index in [0.29, 0.717) is 21.6 Å². The minimum atomic E-state index is -2.07. The monoisotopic (exact) mass is 1340 g/mol. The standard InChI is InChI=1S/C65H90N12O17S/c1-35-31-77-55(56(35)86)61(91)67-30-44(81)28-46(68-57(87)38-11-13-39(14-12-38)62-72-73-63(95-62)40-15-17-43(18-16-40)75-24-22-74(23-25-75)42-8-6-4-5-7-9-42)58(88)69-52(36(2)80)64(92)76-32-45(82)29-47(76)59(89)70-53(50(85)26-37-10-19-48(83)51(27-37)94-3)60(90)71-54(65(77)93)49(84)20-21-66-41(33-78)34-79/h10-19,27,35-36,41-42,44-47,49-50,52-56,66,78-86H,4-9,20-26,28-34H2,1-3H3,(H,67,91)(H,68,87)(H,69,88)(H,70,89)(H,71,90)/t35-,36+,44+,45+,46?,47-,49+,50+,52-,53-,54-,55-,56-/m0/s1. The molecule has 5 fully saturated rings. The number of hydrogen-bond acceptors (Lipinski definition) is 23. The number of carbonyl (C=O) groups is 7. The Hall–Kier alpha value is -7.49. The predicted molar refractivity (Wildman–Crippen MR) is 346 cm³/mol. The summed E-state index contributed by atoms with van der Waals surface area (Å²) < 4.78 is 5.22. The van der Waals surface area contributed by atoms with Crippen molar-refractivity contribution in [2.45, 2.75) is 163 Å². The Labute approximate surface area is 554 Å². The van der Waals surface area contributed by atoms with E-state index in [1.165, 1.54) is 94.2 Å². The number of aromatic hydroxyl groups is 1. The number of phenolic OH excluding ortho intramolecular Hbond substituents is 1. The Morgan fingerprint density at radius 2 is 1.34 bits per heavy atom. The van der Waals surface area contributed by atoms with Gasteiger partial charge in [0.2, 0.25) is 35.4 Å². The Morgan fingerprint density at radius 1 is 0.716 bits per heavy atom. The summed E-state index contributed by atoms with van der Waals surface area (Å²) in [7, 11) is 1.27.